The summed E-state index contributed by atoms with van der Waals surface area (Å²) in [5.74, 6) is 2.07. The number of hydrogen-bond donors (Lipinski definition) is 0. The van der Waals surface area contributed by atoms with E-state index in [1.54, 1.807) is 6.08 Å². The van der Waals surface area contributed by atoms with Gasteiger partial charge in [0.2, 0.25) is 0 Å². The molecule has 0 amide bonds. The molecule has 138 valence electrons. The number of para-hydroxylation sites is 2. The van der Waals surface area contributed by atoms with E-state index in [2.05, 4.69) is 29.8 Å². The first-order valence-corrected chi connectivity index (χ1v) is 9.09. The highest BCUT2D eigenvalue weighted by atomic mass is 16.5. The lowest BCUT2D eigenvalue weighted by atomic mass is 10.2. The Morgan fingerprint density at radius 3 is 2.63 bits per heavy atom. The number of benzene rings is 1. The maximum absolute atomic E-state index is 9.68. The van der Waals surface area contributed by atoms with Gasteiger partial charge in [-0.3, -0.25) is 0 Å². The number of furan rings is 1. The highest BCUT2D eigenvalue weighted by Crippen LogP contribution is 2.26. The van der Waals surface area contributed by atoms with Gasteiger partial charge in [0, 0.05) is 32.3 Å². The molecule has 6 nitrogen and oxygen atoms in total. The monoisotopic (exact) mass is 362 g/mol. The number of anilines is 1. The molecule has 1 aromatic carbocycles. The van der Waals surface area contributed by atoms with Gasteiger partial charge in [0.25, 0.3) is 0 Å². The van der Waals surface area contributed by atoms with E-state index in [0.29, 0.717) is 17.2 Å². The van der Waals surface area contributed by atoms with Crippen LogP contribution in [0.3, 0.4) is 0 Å². The summed E-state index contributed by atoms with van der Waals surface area (Å²) in [5.41, 5.74) is 2.33. The van der Waals surface area contributed by atoms with Gasteiger partial charge >= 0.3 is 0 Å². The number of imidazole rings is 1. The van der Waals surface area contributed by atoms with Crippen molar-refractivity contribution in [2.75, 3.05) is 18.0 Å². The van der Waals surface area contributed by atoms with Gasteiger partial charge in [-0.05, 0) is 32.0 Å². The van der Waals surface area contributed by atoms with Gasteiger partial charge in [0.15, 0.2) is 11.7 Å². The number of allylic oxidation sites excluding steroid dienone is 1. The van der Waals surface area contributed by atoms with E-state index in [-0.39, 0.29) is 12.2 Å². The maximum Gasteiger partial charge on any atom is 0.196 e. The number of aromatic nitrogens is 2. The zero-order valence-corrected chi connectivity index (χ0v) is 15.7. The van der Waals surface area contributed by atoms with Crippen molar-refractivity contribution in [1.29, 1.82) is 5.26 Å². The number of hydrogen-bond acceptors (Lipinski definition) is 5. The fourth-order valence-electron chi connectivity index (χ4n) is 3.62. The number of aryl methyl sites for hydroxylation is 1. The molecule has 3 aromatic rings. The average Bonchev–Trinajstić information content (AvgIpc) is 3.24. The highest BCUT2D eigenvalue weighted by Gasteiger charge is 2.24. The van der Waals surface area contributed by atoms with Gasteiger partial charge in [0.05, 0.1) is 28.8 Å². The molecule has 0 unspecified atom stereocenters. The van der Waals surface area contributed by atoms with Crippen LogP contribution in [0.2, 0.25) is 0 Å². The van der Waals surface area contributed by atoms with Crippen molar-refractivity contribution < 1.29 is 9.15 Å². The van der Waals surface area contributed by atoms with E-state index in [1.165, 1.54) is 0 Å². The topological polar surface area (TPSA) is 67.2 Å². The van der Waals surface area contributed by atoms with Crippen molar-refractivity contribution in [2.45, 2.75) is 26.1 Å². The summed E-state index contributed by atoms with van der Waals surface area (Å²) in [6.07, 6.45) is 2.07. The summed E-state index contributed by atoms with van der Waals surface area (Å²) in [6.45, 7) is 5.70. The van der Waals surface area contributed by atoms with E-state index in [1.807, 2.05) is 48.0 Å². The third-order valence-electron chi connectivity index (χ3n) is 4.78. The molecule has 2 atom stereocenters. The third-order valence-corrected chi connectivity index (χ3v) is 4.78. The predicted octanol–water partition coefficient (Wildman–Crippen LogP) is 3.84. The first kappa shape index (κ1) is 17.4. The highest BCUT2D eigenvalue weighted by molar-refractivity contribution is 5.90. The first-order valence-electron chi connectivity index (χ1n) is 9.09. The lowest BCUT2D eigenvalue weighted by Gasteiger charge is -2.35. The standard InChI is InChI=1S/C21H22N4O2/c1-14-12-25(13-15(2)26-14)20-9-8-17(27-20)10-16(11-22)21-23-18-6-4-5-7-19(18)24(21)3/h4-10,14-15H,12-13H2,1-3H3/b16-10+/t14-,15+. The maximum atomic E-state index is 9.68. The Morgan fingerprint density at radius 2 is 1.93 bits per heavy atom. The van der Waals surface area contributed by atoms with E-state index in [9.17, 15) is 5.26 Å². The third kappa shape index (κ3) is 3.34. The number of ether oxygens (including phenoxy) is 1. The van der Waals surface area contributed by atoms with Gasteiger partial charge in [-0.15, -0.1) is 0 Å². The molecular weight excluding hydrogens is 340 g/mol. The Balaban J connectivity index is 1.65. The molecule has 0 saturated carbocycles. The van der Waals surface area contributed by atoms with Crippen LogP contribution in [0.5, 0.6) is 0 Å². The molecule has 0 bridgehead atoms. The second-order valence-electron chi connectivity index (χ2n) is 6.99. The van der Waals surface area contributed by atoms with Crippen molar-refractivity contribution in [3.05, 3.63) is 48.0 Å². The van der Waals surface area contributed by atoms with E-state index in [4.69, 9.17) is 9.15 Å². The molecular formula is C21H22N4O2. The normalized spacial score (nSPS) is 20.8. The van der Waals surface area contributed by atoms with Gasteiger partial charge in [-0.25, -0.2) is 4.98 Å². The molecule has 0 N–H and O–H groups in total. The minimum atomic E-state index is 0.160. The number of morpholine rings is 1. The van der Waals surface area contributed by atoms with Gasteiger partial charge in [-0.2, -0.15) is 5.26 Å². The first-order chi connectivity index (χ1) is 13.0. The van der Waals surface area contributed by atoms with Crippen LogP contribution in [-0.2, 0) is 11.8 Å². The summed E-state index contributed by atoms with van der Waals surface area (Å²) >= 11 is 0. The Kier molecular flexibility index (Phi) is 4.46. The van der Waals surface area contributed by atoms with Crippen LogP contribution >= 0.6 is 0 Å². The van der Waals surface area contributed by atoms with Crippen LogP contribution in [-0.4, -0.2) is 34.8 Å². The van der Waals surface area contributed by atoms with Crippen molar-refractivity contribution >= 4 is 28.6 Å². The minimum Gasteiger partial charge on any atom is -0.441 e. The second-order valence-corrected chi connectivity index (χ2v) is 6.99. The fraction of sp³-hybridized carbons (Fsp3) is 0.333. The molecule has 0 radical (unpaired) electrons. The van der Waals surface area contributed by atoms with Crippen molar-refractivity contribution in [3.63, 3.8) is 0 Å². The lowest BCUT2D eigenvalue weighted by Crippen LogP contribution is -2.45. The zero-order chi connectivity index (χ0) is 19.0. The molecule has 1 aliphatic heterocycles. The van der Waals surface area contributed by atoms with Crippen LogP contribution in [0.15, 0.2) is 40.8 Å². The smallest absolute Gasteiger partial charge is 0.196 e. The summed E-state index contributed by atoms with van der Waals surface area (Å²) in [4.78, 5) is 6.78. The summed E-state index contributed by atoms with van der Waals surface area (Å²) in [7, 11) is 1.92. The van der Waals surface area contributed by atoms with Crippen molar-refractivity contribution in [2.24, 2.45) is 7.05 Å². The molecule has 1 saturated heterocycles. The van der Waals surface area contributed by atoms with Crippen LogP contribution in [0, 0.1) is 11.3 Å². The summed E-state index contributed by atoms with van der Waals surface area (Å²) in [6, 6.07) is 13.9. The predicted molar refractivity (Wildman–Crippen MR) is 105 cm³/mol. The van der Waals surface area contributed by atoms with Crippen molar-refractivity contribution in [1.82, 2.24) is 9.55 Å². The second kappa shape index (κ2) is 6.93. The Morgan fingerprint density at radius 1 is 1.19 bits per heavy atom. The fourth-order valence-corrected chi connectivity index (χ4v) is 3.62. The molecule has 2 aromatic heterocycles. The van der Waals surface area contributed by atoms with E-state index >= 15 is 0 Å². The molecule has 1 aliphatic rings. The number of nitriles is 1. The Hall–Kier alpha value is -3.04. The Labute approximate surface area is 158 Å². The SMILES string of the molecule is C[C@@H]1CN(c2ccc(/C=C(\C#N)c3nc4ccccc4n3C)o2)C[C@H](C)O1. The van der Waals surface area contributed by atoms with Gasteiger partial charge < -0.3 is 18.6 Å². The summed E-state index contributed by atoms with van der Waals surface area (Å²) in [5, 5.41) is 9.68. The Bertz CT molecular complexity index is 1030. The zero-order valence-electron chi connectivity index (χ0n) is 15.7. The molecule has 0 spiro atoms. The van der Waals surface area contributed by atoms with Crippen molar-refractivity contribution in [3.8, 4) is 6.07 Å². The number of fused-ring (bicyclic) bond motifs is 1. The van der Waals surface area contributed by atoms with Crippen LogP contribution in [0.4, 0.5) is 5.88 Å². The van der Waals surface area contributed by atoms with E-state index < -0.39 is 0 Å². The van der Waals surface area contributed by atoms with Crippen LogP contribution < -0.4 is 4.90 Å². The number of nitrogens with zero attached hydrogens (tertiary/aromatic N) is 4. The average molecular weight is 362 g/mol. The molecule has 1 fully saturated rings. The largest absolute Gasteiger partial charge is 0.441 e. The van der Waals surface area contributed by atoms with Crippen LogP contribution in [0.1, 0.15) is 25.4 Å². The van der Waals surface area contributed by atoms with Gasteiger partial charge in [0.1, 0.15) is 11.8 Å². The minimum absolute atomic E-state index is 0.160. The molecule has 6 heteroatoms. The molecule has 0 aliphatic carbocycles. The lowest BCUT2D eigenvalue weighted by molar-refractivity contribution is -0.00641. The molecule has 3 heterocycles. The van der Waals surface area contributed by atoms with Crippen LogP contribution in [0.25, 0.3) is 22.7 Å². The molecule has 27 heavy (non-hydrogen) atoms. The number of rotatable bonds is 3. The quantitative estimate of drug-likeness (QED) is 0.662. The summed E-state index contributed by atoms with van der Waals surface area (Å²) < 4.78 is 13.7. The van der Waals surface area contributed by atoms with E-state index in [0.717, 1.165) is 30.0 Å². The molecule has 4 rings (SSSR count). The van der Waals surface area contributed by atoms with Gasteiger partial charge in [-0.1, -0.05) is 12.1 Å².